The van der Waals surface area contributed by atoms with Crippen LogP contribution in [-0.2, 0) is 16.1 Å². The standard InChI is InChI=1S/C21H24N4O4S2/c1-27-14-7-8-17(28-2)16(11-14)22-19(26)13-31-21-24-23-20(18-6-4-10-30-18)25(21)12-15-5-3-9-29-15/h4,6-8,10-11,15H,3,5,9,12-13H2,1-2H3,(H,22,26). The highest BCUT2D eigenvalue weighted by molar-refractivity contribution is 7.99. The number of thiophene rings is 1. The van der Waals surface area contributed by atoms with Crippen LogP contribution in [0, 0.1) is 0 Å². The van der Waals surface area contributed by atoms with Crippen LogP contribution in [0.3, 0.4) is 0 Å². The van der Waals surface area contributed by atoms with E-state index in [0.717, 1.165) is 30.2 Å². The molecular formula is C21H24N4O4S2. The zero-order chi connectivity index (χ0) is 21.6. The lowest BCUT2D eigenvalue weighted by atomic mass is 10.2. The van der Waals surface area contributed by atoms with E-state index in [-0.39, 0.29) is 17.8 Å². The summed E-state index contributed by atoms with van der Waals surface area (Å²) in [5.74, 6) is 2.04. The minimum Gasteiger partial charge on any atom is -0.497 e. The summed E-state index contributed by atoms with van der Waals surface area (Å²) >= 11 is 2.97. The maximum absolute atomic E-state index is 12.6. The molecule has 1 N–H and O–H groups in total. The molecule has 4 rings (SSSR count). The minimum absolute atomic E-state index is 0.143. The monoisotopic (exact) mass is 460 g/mol. The van der Waals surface area contributed by atoms with E-state index in [2.05, 4.69) is 20.1 Å². The van der Waals surface area contributed by atoms with Gasteiger partial charge in [-0.1, -0.05) is 17.8 Å². The van der Waals surface area contributed by atoms with Crippen molar-refractivity contribution in [3.8, 4) is 22.2 Å². The van der Waals surface area contributed by atoms with Crippen molar-refractivity contribution in [1.29, 1.82) is 0 Å². The SMILES string of the molecule is COc1ccc(OC)c(NC(=O)CSc2nnc(-c3cccs3)n2CC2CCCO2)c1. The van der Waals surface area contributed by atoms with E-state index in [4.69, 9.17) is 14.2 Å². The van der Waals surface area contributed by atoms with Crippen molar-refractivity contribution in [3.05, 3.63) is 35.7 Å². The molecule has 0 radical (unpaired) electrons. The van der Waals surface area contributed by atoms with Gasteiger partial charge >= 0.3 is 0 Å². The molecule has 1 aliphatic rings. The third-order valence-corrected chi connectivity index (χ3v) is 6.71. The number of hydrogen-bond donors (Lipinski definition) is 1. The fourth-order valence-corrected chi connectivity index (χ4v) is 4.83. The van der Waals surface area contributed by atoms with Gasteiger partial charge in [-0.25, -0.2) is 0 Å². The number of methoxy groups -OCH3 is 2. The van der Waals surface area contributed by atoms with Gasteiger partial charge in [0.2, 0.25) is 5.91 Å². The predicted octanol–water partition coefficient (Wildman–Crippen LogP) is 3.93. The quantitative estimate of drug-likeness (QED) is 0.484. The van der Waals surface area contributed by atoms with Crippen molar-refractivity contribution in [1.82, 2.24) is 14.8 Å². The summed E-state index contributed by atoms with van der Waals surface area (Å²) in [5, 5.41) is 14.4. The van der Waals surface area contributed by atoms with Crippen LogP contribution in [0.25, 0.3) is 10.7 Å². The van der Waals surface area contributed by atoms with Crippen LogP contribution in [0.15, 0.2) is 40.9 Å². The molecule has 3 heterocycles. The molecule has 1 aromatic carbocycles. The Labute approximate surface area is 188 Å². The Bertz CT molecular complexity index is 1020. The highest BCUT2D eigenvalue weighted by Gasteiger charge is 2.22. The largest absolute Gasteiger partial charge is 0.497 e. The molecule has 31 heavy (non-hydrogen) atoms. The first-order valence-electron chi connectivity index (χ1n) is 9.91. The Morgan fingerprint density at radius 1 is 1.32 bits per heavy atom. The van der Waals surface area contributed by atoms with Gasteiger partial charge < -0.3 is 19.5 Å². The number of anilines is 1. The Morgan fingerprint density at radius 3 is 2.94 bits per heavy atom. The van der Waals surface area contributed by atoms with Crippen molar-refractivity contribution in [3.63, 3.8) is 0 Å². The molecule has 1 fully saturated rings. The van der Waals surface area contributed by atoms with E-state index in [9.17, 15) is 4.79 Å². The number of rotatable bonds is 9. The fraction of sp³-hybridized carbons (Fsp3) is 0.381. The van der Waals surface area contributed by atoms with E-state index in [1.807, 2.05) is 17.5 Å². The molecule has 0 bridgehead atoms. The number of aromatic nitrogens is 3. The number of ether oxygens (including phenoxy) is 3. The number of benzene rings is 1. The molecule has 1 saturated heterocycles. The molecule has 1 amide bonds. The van der Waals surface area contributed by atoms with Crippen LogP contribution in [0.1, 0.15) is 12.8 Å². The van der Waals surface area contributed by atoms with Gasteiger partial charge in [0.05, 0.1) is 43.2 Å². The van der Waals surface area contributed by atoms with Crippen molar-refractivity contribution in [2.24, 2.45) is 0 Å². The summed E-state index contributed by atoms with van der Waals surface area (Å²) in [6.45, 7) is 1.46. The molecule has 164 valence electrons. The maximum atomic E-state index is 12.6. The molecule has 3 aromatic rings. The van der Waals surface area contributed by atoms with Crippen LogP contribution in [-0.4, -0.2) is 53.4 Å². The summed E-state index contributed by atoms with van der Waals surface area (Å²) in [5.41, 5.74) is 0.563. The summed E-state index contributed by atoms with van der Waals surface area (Å²) in [6.07, 6.45) is 2.22. The lowest BCUT2D eigenvalue weighted by Gasteiger charge is -2.14. The average Bonchev–Trinajstić information content (AvgIpc) is 3.55. The molecule has 10 heteroatoms. The van der Waals surface area contributed by atoms with E-state index in [0.29, 0.717) is 28.9 Å². The summed E-state index contributed by atoms with van der Waals surface area (Å²) in [4.78, 5) is 13.7. The van der Waals surface area contributed by atoms with Crippen molar-refractivity contribution >= 4 is 34.7 Å². The van der Waals surface area contributed by atoms with Crippen molar-refractivity contribution < 1.29 is 19.0 Å². The van der Waals surface area contributed by atoms with Crippen LogP contribution in [0.5, 0.6) is 11.5 Å². The van der Waals surface area contributed by atoms with Crippen molar-refractivity contribution in [2.45, 2.75) is 30.6 Å². The van der Waals surface area contributed by atoms with Gasteiger partial charge in [-0.05, 0) is 36.4 Å². The molecule has 1 atom stereocenters. The number of carbonyl (C=O) groups is 1. The molecule has 8 nitrogen and oxygen atoms in total. The molecule has 1 unspecified atom stereocenters. The van der Waals surface area contributed by atoms with Crippen molar-refractivity contribution in [2.75, 3.05) is 31.9 Å². The predicted molar refractivity (Wildman–Crippen MR) is 121 cm³/mol. The van der Waals surface area contributed by atoms with Crippen LogP contribution in [0.4, 0.5) is 5.69 Å². The number of carbonyl (C=O) groups excluding carboxylic acids is 1. The number of hydrogen-bond acceptors (Lipinski definition) is 8. The number of nitrogens with one attached hydrogen (secondary N) is 1. The Balaban J connectivity index is 1.47. The molecule has 0 saturated carbocycles. The second-order valence-electron chi connectivity index (χ2n) is 6.93. The lowest BCUT2D eigenvalue weighted by molar-refractivity contribution is -0.113. The topological polar surface area (TPSA) is 87.5 Å². The summed E-state index contributed by atoms with van der Waals surface area (Å²) in [7, 11) is 3.14. The van der Waals surface area contributed by atoms with Crippen LogP contribution in [0.2, 0.25) is 0 Å². The number of amides is 1. The van der Waals surface area contributed by atoms with E-state index < -0.39 is 0 Å². The second-order valence-corrected chi connectivity index (χ2v) is 8.82. The van der Waals surface area contributed by atoms with Gasteiger partial charge in [0.15, 0.2) is 11.0 Å². The summed E-state index contributed by atoms with van der Waals surface area (Å²) in [6, 6.07) is 9.29. The minimum atomic E-state index is -0.166. The second kappa shape index (κ2) is 10.2. The van der Waals surface area contributed by atoms with Gasteiger partial charge in [0, 0.05) is 12.7 Å². The van der Waals surface area contributed by atoms with E-state index in [1.165, 1.54) is 11.8 Å². The zero-order valence-corrected chi connectivity index (χ0v) is 19.0. The van der Waals surface area contributed by atoms with Crippen LogP contribution >= 0.6 is 23.1 Å². The van der Waals surface area contributed by atoms with Crippen LogP contribution < -0.4 is 14.8 Å². The third kappa shape index (κ3) is 5.20. The number of nitrogens with zero attached hydrogens (tertiary/aromatic N) is 3. The molecule has 2 aromatic heterocycles. The van der Waals surface area contributed by atoms with Gasteiger partial charge in [-0.3, -0.25) is 9.36 Å². The lowest BCUT2D eigenvalue weighted by Crippen LogP contribution is -2.18. The average molecular weight is 461 g/mol. The maximum Gasteiger partial charge on any atom is 0.234 e. The Hall–Kier alpha value is -2.56. The molecule has 1 aliphatic heterocycles. The Kier molecular flexibility index (Phi) is 7.10. The van der Waals surface area contributed by atoms with Gasteiger partial charge in [-0.2, -0.15) is 0 Å². The third-order valence-electron chi connectivity index (χ3n) is 4.88. The first kappa shape index (κ1) is 21.7. The van der Waals surface area contributed by atoms with E-state index >= 15 is 0 Å². The molecular weight excluding hydrogens is 436 g/mol. The first-order valence-corrected chi connectivity index (χ1v) is 11.8. The first-order chi connectivity index (χ1) is 15.2. The Morgan fingerprint density at radius 2 is 2.23 bits per heavy atom. The van der Waals surface area contributed by atoms with Gasteiger partial charge in [0.25, 0.3) is 0 Å². The fourth-order valence-electron chi connectivity index (χ4n) is 3.37. The normalized spacial score (nSPS) is 15.7. The highest BCUT2D eigenvalue weighted by Crippen LogP contribution is 2.31. The van der Waals surface area contributed by atoms with Gasteiger partial charge in [-0.15, -0.1) is 21.5 Å². The smallest absolute Gasteiger partial charge is 0.234 e. The zero-order valence-electron chi connectivity index (χ0n) is 17.4. The molecule has 0 spiro atoms. The highest BCUT2D eigenvalue weighted by atomic mass is 32.2. The number of thioether (sulfide) groups is 1. The van der Waals surface area contributed by atoms with E-state index in [1.54, 1.807) is 43.8 Å². The van der Waals surface area contributed by atoms with Gasteiger partial charge in [0.1, 0.15) is 11.5 Å². The summed E-state index contributed by atoms with van der Waals surface area (Å²) < 4.78 is 18.4. The molecule has 0 aliphatic carbocycles.